The minimum absolute atomic E-state index is 0.0408. The highest BCUT2D eigenvalue weighted by atomic mass is 32.2. The molecule has 0 spiro atoms. The summed E-state index contributed by atoms with van der Waals surface area (Å²) in [6, 6.07) is 0. The summed E-state index contributed by atoms with van der Waals surface area (Å²) in [5.41, 5.74) is 0. The van der Waals surface area contributed by atoms with Gasteiger partial charge in [-0.05, 0) is 6.42 Å². The van der Waals surface area contributed by atoms with Crippen molar-refractivity contribution in [2.24, 2.45) is 7.05 Å². The van der Waals surface area contributed by atoms with E-state index in [0.717, 1.165) is 0 Å². The van der Waals surface area contributed by atoms with Gasteiger partial charge in [0.05, 0.1) is 12.4 Å². The molecule has 6 nitrogen and oxygen atoms in total. The van der Waals surface area contributed by atoms with Crippen molar-refractivity contribution in [3.05, 3.63) is 12.5 Å². The number of β-amino-alcohol motifs (C(OH)–C–C–N with tert-alkyl or cyclic N) is 1. The zero-order chi connectivity index (χ0) is 11.1. The van der Waals surface area contributed by atoms with Crippen LogP contribution in [0.1, 0.15) is 6.42 Å². The highest BCUT2D eigenvalue weighted by Gasteiger charge is 2.32. The molecule has 0 radical (unpaired) electrons. The minimum atomic E-state index is -3.51. The van der Waals surface area contributed by atoms with Gasteiger partial charge in [-0.15, -0.1) is 0 Å². The van der Waals surface area contributed by atoms with Gasteiger partial charge in [-0.2, -0.15) is 4.31 Å². The molecule has 1 aromatic heterocycles. The first-order chi connectivity index (χ1) is 7.00. The second kappa shape index (κ2) is 3.58. The van der Waals surface area contributed by atoms with Crippen LogP contribution in [0.25, 0.3) is 0 Å². The van der Waals surface area contributed by atoms with Crippen LogP contribution in [-0.2, 0) is 17.1 Å². The molecule has 0 amide bonds. The minimum Gasteiger partial charge on any atom is -0.392 e. The molecule has 7 heteroatoms. The van der Waals surface area contributed by atoms with Gasteiger partial charge in [-0.3, -0.25) is 0 Å². The van der Waals surface area contributed by atoms with E-state index in [4.69, 9.17) is 0 Å². The van der Waals surface area contributed by atoms with Crippen molar-refractivity contribution in [3.63, 3.8) is 0 Å². The number of rotatable bonds is 2. The van der Waals surface area contributed by atoms with Crippen molar-refractivity contribution in [3.8, 4) is 0 Å². The summed E-state index contributed by atoms with van der Waals surface area (Å²) >= 11 is 0. The van der Waals surface area contributed by atoms with Gasteiger partial charge in [0.25, 0.3) is 10.0 Å². The Morgan fingerprint density at radius 1 is 1.60 bits per heavy atom. The molecule has 1 atom stereocenters. The second-order valence-electron chi connectivity index (χ2n) is 3.68. The molecule has 15 heavy (non-hydrogen) atoms. The van der Waals surface area contributed by atoms with Crippen LogP contribution < -0.4 is 0 Å². The molecule has 1 saturated heterocycles. The SMILES string of the molecule is Cn1cnc(S(=O)(=O)N2CCC(O)C2)c1. The summed E-state index contributed by atoms with van der Waals surface area (Å²) in [6.07, 6.45) is 2.84. The normalized spacial score (nSPS) is 23.5. The third-order valence-corrected chi connectivity index (χ3v) is 4.16. The Morgan fingerprint density at radius 3 is 2.80 bits per heavy atom. The van der Waals surface area contributed by atoms with Gasteiger partial charge in [0.2, 0.25) is 0 Å². The van der Waals surface area contributed by atoms with E-state index in [9.17, 15) is 13.5 Å². The Labute approximate surface area is 88.2 Å². The standard InChI is InChI=1S/C8H13N3O3S/c1-10-5-8(9-6-10)15(13,14)11-3-2-7(12)4-11/h5-7,12H,2-4H2,1H3. The van der Waals surface area contributed by atoms with Crippen molar-refractivity contribution in [1.29, 1.82) is 0 Å². The number of sulfonamides is 1. The molecule has 1 unspecified atom stereocenters. The zero-order valence-corrected chi connectivity index (χ0v) is 9.18. The lowest BCUT2D eigenvalue weighted by Crippen LogP contribution is -2.29. The third-order valence-electron chi connectivity index (χ3n) is 2.41. The quantitative estimate of drug-likeness (QED) is 0.721. The van der Waals surface area contributed by atoms with E-state index in [0.29, 0.717) is 13.0 Å². The summed E-state index contributed by atoms with van der Waals surface area (Å²) in [6.45, 7) is 0.527. The molecule has 1 fully saturated rings. The Bertz CT molecular complexity index is 453. The molecule has 1 aromatic rings. The molecule has 2 rings (SSSR count). The number of aliphatic hydroxyl groups excluding tert-OH is 1. The molecule has 0 bridgehead atoms. The second-order valence-corrected chi connectivity index (χ2v) is 5.57. The first-order valence-corrected chi connectivity index (χ1v) is 6.10. The fourth-order valence-electron chi connectivity index (χ4n) is 1.58. The third kappa shape index (κ3) is 1.90. The van der Waals surface area contributed by atoms with Crippen molar-refractivity contribution in [2.45, 2.75) is 17.6 Å². The van der Waals surface area contributed by atoms with Crippen LogP contribution in [0.3, 0.4) is 0 Å². The molecular weight excluding hydrogens is 218 g/mol. The van der Waals surface area contributed by atoms with E-state index in [1.165, 1.54) is 16.8 Å². The van der Waals surface area contributed by atoms with Crippen LogP contribution in [0.5, 0.6) is 0 Å². The molecule has 0 saturated carbocycles. The number of imidazole rings is 1. The first kappa shape index (κ1) is 10.6. The Balaban J connectivity index is 2.27. The van der Waals surface area contributed by atoms with E-state index in [-0.39, 0.29) is 11.6 Å². The fraction of sp³-hybridized carbons (Fsp3) is 0.625. The van der Waals surface area contributed by atoms with Crippen LogP contribution in [0.4, 0.5) is 0 Å². The van der Waals surface area contributed by atoms with Crippen LogP contribution in [0, 0.1) is 0 Å². The van der Waals surface area contributed by atoms with Gasteiger partial charge < -0.3 is 9.67 Å². The van der Waals surface area contributed by atoms with Gasteiger partial charge in [-0.1, -0.05) is 0 Å². The molecular formula is C8H13N3O3S. The van der Waals surface area contributed by atoms with Gasteiger partial charge in [-0.25, -0.2) is 13.4 Å². The van der Waals surface area contributed by atoms with E-state index >= 15 is 0 Å². The van der Waals surface area contributed by atoms with E-state index in [2.05, 4.69) is 4.98 Å². The number of aryl methyl sites for hydroxylation is 1. The molecule has 1 aliphatic rings. The molecule has 0 aromatic carbocycles. The molecule has 84 valence electrons. The molecule has 0 aliphatic carbocycles. The average Bonchev–Trinajstić information content (AvgIpc) is 2.74. The van der Waals surface area contributed by atoms with E-state index < -0.39 is 16.1 Å². The van der Waals surface area contributed by atoms with Crippen molar-refractivity contribution in [1.82, 2.24) is 13.9 Å². The number of hydrogen-bond donors (Lipinski definition) is 1. The highest BCUT2D eigenvalue weighted by molar-refractivity contribution is 7.89. The lowest BCUT2D eigenvalue weighted by atomic mass is 10.3. The first-order valence-electron chi connectivity index (χ1n) is 4.66. The van der Waals surface area contributed by atoms with Crippen molar-refractivity contribution < 1.29 is 13.5 Å². The molecule has 2 heterocycles. The smallest absolute Gasteiger partial charge is 0.262 e. The maximum absolute atomic E-state index is 11.9. The van der Waals surface area contributed by atoms with Gasteiger partial charge in [0.1, 0.15) is 0 Å². The van der Waals surface area contributed by atoms with Crippen LogP contribution in [0.15, 0.2) is 17.6 Å². The number of aromatic nitrogens is 2. The lowest BCUT2D eigenvalue weighted by molar-refractivity contribution is 0.189. The van der Waals surface area contributed by atoms with Gasteiger partial charge in [0.15, 0.2) is 5.03 Å². The zero-order valence-electron chi connectivity index (χ0n) is 8.37. The maximum atomic E-state index is 11.9. The molecule has 1 N–H and O–H groups in total. The lowest BCUT2D eigenvalue weighted by Gasteiger charge is -2.13. The summed E-state index contributed by atoms with van der Waals surface area (Å²) in [5, 5.41) is 9.32. The monoisotopic (exact) mass is 231 g/mol. The number of aliphatic hydroxyl groups is 1. The average molecular weight is 231 g/mol. The summed E-state index contributed by atoms with van der Waals surface area (Å²) in [5.74, 6) is 0. The topological polar surface area (TPSA) is 75.4 Å². The van der Waals surface area contributed by atoms with Crippen molar-refractivity contribution in [2.75, 3.05) is 13.1 Å². The van der Waals surface area contributed by atoms with Crippen LogP contribution in [-0.4, -0.2) is 46.6 Å². The predicted molar refractivity (Wildman–Crippen MR) is 52.6 cm³/mol. The van der Waals surface area contributed by atoms with Gasteiger partial charge >= 0.3 is 0 Å². The number of nitrogens with zero attached hydrogens (tertiary/aromatic N) is 3. The highest BCUT2D eigenvalue weighted by Crippen LogP contribution is 2.19. The Hall–Kier alpha value is -0.920. The van der Waals surface area contributed by atoms with Crippen LogP contribution >= 0.6 is 0 Å². The largest absolute Gasteiger partial charge is 0.392 e. The molecule has 1 aliphatic heterocycles. The van der Waals surface area contributed by atoms with Gasteiger partial charge in [0, 0.05) is 26.3 Å². The maximum Gasteiger partial charge on any atom is 0.262 e. The summed E-state index contributed by atoms with van der Waals surface area (Å²) < 4.78 is 26.7. The fourth-order valence-corrected chi connectivity index (χ4v) is 3.04. The Kier molecular flexibility index (Phi) is 2.53. The predicted octanol–water partition coefficient (Wildman–Crippen LogP) is -0.825. The summed E-state index contributed by atoms with van der Waals surface area (Å²) in [7, 11) is -1.80. The Morgan fingerprint density at radius 2 is 2.33 bits per heavy atom. The van der Waals surface area contributed by atoms with Crippen LogP contribution in [0.2, 0.25) is 0 Å². The van der Waals surface area contributed by atoms with E-state index in [1.54, 1.807) is 11.6 Å². The summed E-state index contributed by atoms with van der Waals surface area (Å²) in [4.78, 5) is 3.81. The van der Waals surface area contributed by atoms with Crippen molar-refractivity contribution >= 4 is 10.0 Å². The van der Waals surface area contributed by atoms with E-state index in [1.807, 2.05) is 0 Å². The number of hydrogen-bond acceptors (Lipinski definition) is 4.